The molecule has 31 heavy (non-hydrogen) atoms. The Morgan fingerprint density at radius 3 is 2.32 bits per heavy atom. The van der Waals surface area contributed by atoms with E-state index in [4.69, 9.17) is 14.2 Å². The predicted molar refractivity (Wildman–Crippen MR) is 122 cm³/mol. The van der Waals surface area contributed by atoms with Crippen LogP contribution in [-0.4, -0.2) is 31.9 Å². The molecule has 4 aromatic rings. The molecular weight excluding hydrogens is 390 g/mol. The third kappa shape index (κ3) is 3.99. The van der Waals surface area contributed by atoms with Crippen LogP contribution in [0.4, 0.5) is 0 Å². The molecule has 0 aliphatic heterocycles. The monoisotopic (exact) mass is 415 g/mol. The van der Waals surface area contributed by atoms with E-state index in [1.807, 2.05) is 60.7 Å². The van der Waals surface area contributed by atoms with Gasteiger partial charge in [-0.05, 0) is 41.5 Å². The average Bonchev–Trinajstić information content (AvgIpc) is 3.11. The molecule has 158 valence electrons. The Balaban J connectivity index is 2.05. The maximum Gasteiger partial charge on any atom is 0.310 e. The van der Waals surface area contributed by atoms with Crippen molar-refractivity contribution in [3.05, 3.63) is 83.9 Å². The molecule has 0 atom stereocenters. The second kappa shape index (κ2) is 8.96. The largest absolute Gasteiger partial charge is 0.497 e. The highest BCUT2D eigenvalue weighted by Crippen LogP contribution is 2.40. The first-order valence-electron chi connectivity index (χ1n) is 10.1. The lowest BCUT2D eigenvalue weighted by Crippen LogP contribution is -2.08. The zero-order valence-corrected chi connectivity index (χ0v) is 17.9. The number of esters is 1. The minimum absolute atomic E-state index is 0.148. The summed E-state index contributed by atoms with van der Waals surface area (Å²) in [6.07, 6.45) is 0.148. The Morgan fingerprint density at radius 2 is 1.61 bits per heavy atom. The van der Waals surface area contributed by atoms with Crippen molar-refractivity contribution >= 4 is 16.9 Å². The number of hydrogen-bond acceptors (Lipinski definition) is 4. The van der Waals surface area contributed by atoms with Crippen molar-refractivity contribution < 1.29 is 19.0 Å². The number of benzene rings is 3. The molecule has 0 bridgehead atoms. The fourth-order valence-corrected chi connectivity index (χ4v) is 4.00. The molecule has 0 unspecified atom stereocenters. The summed E-state index contributed by atoms with van der Waals surface area (Å²) in [4.78, 5) is 12.4. The summed E-state index contributed by atoms with van der Waals surface area (Å²) in [5.74, 6) is 1.19. The standard InChI is InChI=1S/C26H25NO4/c1-29-19-13-14-23-21(15-19)22(16-25(28)31-3)26(20-11-7-8-12-24(20)30-2)27(23)17-18-9-5-4-6-10-18/h4-15H,16-17H2,1-3H3. The molecule has 0 amide bonds. The van der Waals surface area contributed by atoms with Gasteiger partial charge >= 0.3 is 5.97 Å². The normalized spacial score (nSPS) is 10.8. The van der Waals surface area contributed by atoms with Gasteiger partial charge in [0, 0.05) is 23.0 Å². The first-order valence-corrected chi connectivity index (χ1v) is 10.1. The summed E-state index contributed by atoms with van der Waals surface area (Å²) in [7, 11) is 4.71. The zero-order chi connectivity index (χ0) is 21.8. The summed E-state index contributed by atoms with van der Waals surface area (Å²) in [5, 5.41) is 0.960. The molecule has 0 saturated heterocycles. The first kappa shape index (κ1) is 20.5. The van der Waals surface area contributed by atoms with Crippen LogP contribution >= 0.6 is 0 Å². The highest BCUT2D eigenvalue weighted by Gasteiger charge is 2.23. The average molecular weight is 415 g/mol. The van der Waals surface area contributed by atoms with Crippen LogP contribution in [0.15, 0.2) is 72.8 Å². The topological polar surface area (TPSA) is 49.7 Å². The van der Waals surface area contributed by atoms with E-state index in [1.54, 1.807) is 14.2 Å². The van der Waals surface area contributed by atoms with Crippen molar-refractivity contribution in [3.63, 3.8) is 0 Å². The molecular formula is C26H25NO4. The fourth-order valence-electron chi connectivity index (χ4n) is 4.00. The number of rotatable bonds is 7. The molecule has 5 heteroatoms. The summed E-state index contributed by atoms with van der Waals surface area (Å²) < 4.78 is 18.4. The van der Waals surface area contributed by atoms with Gasteiger partial charge in [0.1, 0.15) is 11.5 Å². The van der Waals surface area contributed by atoms with Crippen LogP contribution in [0.3, 0.4) is 0 Å². The smallest absolute Gasteiger partial charge is 0.310 e. The van der Waals surface area contributed by atoms with E-state index in [2.05, 4.69) is 16.7 Å². The summed E-state index contributed by atoms with van der Waals surface area (Å²) >= 11 is 0. The lowest BCUT2D eigenvalue weighted by molar-refractivity contribution is -0.139. The Morgan fingerprint density at radius 1 is 0.871 bits per heavy atom. The summed E-state index contributed by atoms with van der Waals surface area (Å²) in [6, 6.07) is 24.1. The maximum absolute atomic E-state index is 12.4. The van der Waals surface area contributed by atoms with Crippen LogP contribution in [0.25, 0.3) is 22.2 Å². The highest BCUT2D eigenvalue weighted by atomic mass is 16.5. The number of para-hydroxylation sites is 1. The second-order valence-electron chi connectivity index (χ2n) is 7.24. The van der Waals surface area contributed by atoms with Crippen LogP contribution in [0.2, 0.25) is 0 Å². The highest BCUT2D eigenvalue weighted by molar-refractivity contribution is 5.96. The van der Waals surface area contributed by atoms with Gasteiger partial charge in [0.05, 0.1) is 33.4 Å². The maximum atomic E-state index is 12.4. The van der Waals surface area contributed by atoms with E-state index in [1.165, 1.54) is 7.11 Å². The van der Waals surface area contributed by atoms with Gasteiger partial charge in [0.2, 0.25) is 0 Å². The van der Waals surface area contributed by atoms with Crippen molar-refractivity contribution in [2.45, 2.75) is 13.0 Å². The van der Waals surface area contributed by atoms with E-state index in [-0.39, 0.29) is 12.4 Å². The molecule has 0 spiro atoms. The number of aromatic nitrogens is 1. The molecule has 0 radical (unpaired) electrons. The summed E-state index contributed by atoms with van der Waals surface area (Å²) in [5.41, 5.74) is 4.94. The van der Waals surface area contributed by atoms with Crippen molar-refractivity contribution in [2.75, 3.05) is 21.3 Å². The Bertz CT molecular complexity index is 1210. The van der Waals surface area contributed by atoms with Crippen molar-refractivity contribution in [1.82, 2.24) is 4.57 Å². The molecule has 0 aliphatic rings. The van der Waals surface area contributed by atoms with Crippen molar-refractivity contribution in [2.24, 2.45) is 0 Å². The zero-order valence-electron chi connectivity index (χ0n) is 17.9. The SMILES string of the molecule is COC(=O)Cc1c(-c2ccccc2OC)n(Cc2ccccc2)c2ccc(OC)cc12. The molecule has 0 saturated carbocycles. The minimum Gasteiger partial charge on any atom is -0.497 e. The molecule has 0 aliphatic carbocycles. The third-order valence-corrected chi connectivity index (χ3v) is 5.47. The fraction of sp³-hybridized carbons (Fsp3) is 0.192. The van der Waals surface area contributed by atoms with Gasteiger partial charge in [-0.2, -0.15) is 0 Å². The number of hydrogen-bond donors (Lipinski definition) is 0. The lowest BCUT2D eigenvalue weighted by Gasteiger charge is -2.15. The molecule has 1 heterocycles. The Hall–Kier alpha value is -3.73. The van der Waals surface area contributed by atoms with E-state index in [0.29, 0.717) is 6.54 Å². The number of carbonyl (C=O) groups excluding carboxylic acids is 1. The van der Waals surface area contributed by atoms with Gasteiger partial charge in [0.15, 0.2) is 0 Å². The van der Waals surface area contributed by atoms with Gasteiger partial charge in [0.25, 0.3) is 0 Å². The summed E-state index contributed by atoms with van der Waals surface area (Å²) in [6.45, 7) is 0.651. The number of methoxy groups -OCH3 is 3. The van der Waals surface area contributed by atoms with Gasteiger partial charge in [-0.3, -0.25) is 4.79 Å². The first-order chi connectivity index (χ1) is 15.2. The molecule has 1 aromatic heterocycles. The Labute approximate surface area is 181 Å². The number of carbonyl (C=O) groups is 1. The quantitative estimate of drug-likeness (QED) is 0.395. The van der Waals surface area contributed by atoms with Crippen LogP contribution in [0.1, 0.15) is 11.1 Å². The van der Waals surface area contributed by atoms with Crippen LogP contribution < -0.4 is 9.47 Å². The van der Waals surface area contributed by atoms with E-state index < -0.39 is 0 Å². The third-order valence-electron chi connectivity index (χ3n) is 5.47. The van der Waals surface area contributed by atoms with Crippen molar-refractivity contribution in [3.8, 4) is 22.8 Å². The molecule has 3 aromatic carbocycles. The van der Waals surface area contributed by atoms with E-state index in [0.717, 1.165) is 44.8 Å². The molecule has 4 rings (SSSR count). The number of ether oxygens (including phenoxy) is 3. The van der Waals surface area contributed by atoms with Gasteiger partial charge in [-0.25, -0.2) is 0 Å². The van der Waals surface area contributed by atoms with Gasteiger partial charge in [-0.15, -0.1) is 0 Å². The van der Waals surface area contributed by atoms with Crippen molar-refractivity contribution in [1.29, 1.82) is 0 Å². The van der Waals surface area contributed by atoms with Crippen LogP contribution in [-0.2, 0) is 22.5 Å². The number of fused-ring (bicyclic) bond motifs is 1. The molecule has 5 nitrogen and oxygen atoms in total. The second-order valence-corrected chi connectivity index (χ2v) is 7.24. The minimum atomic E-state index is -0.294. The Kier molecular flexibility index (Phi) is 5.94. The molecule has 0 fully saturated rings. The van der Waals surface area contributed by atoms with E-state index >= 15 is 0 Å². The predicted octanol–water partition coefficient (Wildman–Crippen LogP) is 5.09. The lowest BCUT2D eigenvalue weighted by atomic mass is 10.0. The number of nitrogens with zero attached hydrogens (tertiary/aromatic N) is 1. The van der Waals surface area contributed by atoms with Gasteiger partial charge in [-0.1, -0.05) is 42.5 Å². The van der Waals surface area contributed by atoms with Crippen LogP contribution in [0.5, 0.6) is 11.5 Å². The van der Waals surface area contributed by atoms with Crippen LogP contribution in [0, 0.1) is 0 Å². The van der Waals surface area contributed by atoms with Gasteiger partial charge < -0.3 is 18.8 Å². The van der Waals surface area contributed by atoms with E-state index in [9.17, 15) is 4.79 Å². The molecule has 0 N–H and O–H groups in total.